The van der Waals surface area contributed by atoms with E-state index in [2.05, 4.69) is 25.8 Å². The number of esters is 1. The average Bonchev–Trinajstić information content (AvgIpc) is 3.86. The van der Waals surface area contributed by atoms with E-state index >= 15 is 0 Å². The lowest BCUT2D eigenvalue weighted by atomic mass is 9.80. The summed E-state index contributed by atoms with van der Waals surface area (Å²) in [6.45, 7) is 5.23. The molecular weight excluding hydrogens is 985 g/mol. The summed E-state index contributed by atoms with van der Waals surface area (Å²) in [5.74, 6) is -1.62. The number of thiazole rings is 1. The summed E-state index contributed by atoms with van der Waals surface area (Å²) in [7, 11) is 0. The Morgan fingerprint density at radius 2 is 1.32 bits per heavy atom. The molecular formula is C55H48N6O7S4. The van der Waals surface area contributed by atoms with Crippen LogP contribution < -0.4 is 10.6 Å². The second kappa shape index (κ2) is 22.5. The minimum atomic E-state index is -1.38. The summed E-state index contributed by atoms with van der Waals surface area (Å²) < 4.78 is 11.9. The number of ether oxygens (including phenoxy) is 2. The molecule has 0 aliphatic carbocycles. The number of nitrogens with one attached hydrogen (secondary N) is 2. The molecule has 2 aromatic heterocycles. The van der Waals surface area contributed by atoms with Crippen molar-refractivity contribution in [2.24, 2.45) is 5.16 Å². The van der Waals surface area contributed by atoms with Crippen LogP contribution >= 0.6 is 46.6 Å². The van der Waals surface area contributed by atoms with Crippen LogP contribution in [-0.4, -0.2) is 72.3 Å². The van der Waals surface area contributed by atoms with Crippen molar-refractivity contribution in [3.05, 3.63) is 226 Å². The SMILES string of the molecule is CC(C)(C)OC(=O)Nc1nc(/C(=N/OC(c2ccccc2)(c2ccccc2)c2ccccc2)C(=O)N[C@@H]2C(=O)N3C(C(=O)OC(c4ccccc4)c4ccccc4)=C(SCSc4ccccn4)CS[C@H]23)cs1. The molecule has 2 N–H and O–H groups in total. The Balaban J connectivity index is 1.06. The van der Waals surface area contributed by atoms with E-state index in [-0.39, 0.29) is 22.2 Å². The molecule has 364 valence electrons. The molecule has 7 aromatic rings. The second-order valence-electron chi connectivity index (χ2n) is 17.3. The van der Waals surface area contributed by atoms with Crippen LogP contribution in [0.5, 0.6) is 0 Å². The van der Waals surface area contributed by atoms with E-state index in [0.717, 1.165) is 44.2 Å². The highest BCUT2D eigenvalue weighted by Crippen LogP contribution is 2.46. The monoisotopic (exact) mass is 1030 g/mol. The molecule has 0 unspecified atom stereocenters. The summed E-state index contributed by atoms with van der Waals surface area (Å²) in [5, 5.41) is 12.6. The number of nitrogens with zero attached hydrogens (tertiary/aromatic N) is 4. The number of rotatable bonds is 17. The van der Waals surface area contributed by atoms with Gasteiger partial charge in [-0.15, -0.1) is 34.9 Å². The fourth-order valence-electron chi connectivity index (χ4n) is 8.07. The molecule has 72 heavy (non-hydrogen) atoms. The van der Waals surface area contributed by atoms with Gasteiger partial charge in [0.2, 0.25) is 5.60 Å². The van der Waals surface area contributed by atoms with Crippen molar-refractivity contribution < 1.29 is 33.5 Å². The molecule has 9 rings (SSSR count). The number of oxime groups is 1. The van der Waals surface area contributed by atoms with Gasteiger partial charge in [0.05, 0.1) is 5.03 Å². The van der Waals surface area contributed by atoms with Crippen LogP contribution in [0.4, 0.5) is 9.93 Å². The molecule has 17 heteroatoms. The maximum absolute atomic E-state index is 15.0. The van der Waals surface area contributed by atoms with E-state index < -0.39 is 52.6 Å². The third kappa shape index (κ3) is 11.3. The Labute approximate surface area is 433 Å². The maximum Gasteiger partial charge on any atom is 0.413 e. The van der Waals surface area contributed by atoms with Crippen LogP contribution in [-0.2, 0) is 34.3 Å². The average molecular weight is 1030 g/mol. The first kappa shape index (κ1) is 49.8. The van der Waals surface area contributed by atoms with Gasteiger partial charge in [-0.2, -0.15) is 0 Å². The van der Waals surface area contributed by atoms with E-state index in [0.29, 0.717) is 15.7 Å². The molecule has 3 amide bonds. The van der Waals surface area contributed by atoms with Crippen molar-refractivity contribution in [2.75, 3.05) is 16.2 Å². The predicted octanol–water partition coefficient (Wildman–Crippen LogP) is 11.0. The molecule has 2 aliphatic rings. The fraction of sp³-hybridized carbons (Fsp3) is 0.182. The first-order valence-electron chi connectivity index (χ1n) is 22.8. The number of fused-ring (bicyclic) bond motifs is 1. The summed E-state index contributed by atoms with van der Waals surface area (Å²) in [5.41, 5.74) is 1.43. The van der Waals surface area contributed by atoms with Crippen LogP contribution in [0.15, 0.2) is 202 Å². The van der Waals surface area contributed by atoms with Gasteiger partial charge in [0.15, 0.2) is 16.9 Å². The number of β-lactam (4-membered cyclic amide) rings is 1. The lowest BCUT2D eigenvalue weighted by Crippen LogP contribution is -2.71. The molecule has 4 heterocycles. The standard InChI is InChI=1S/C55H48N6O7S4/c1-54(2,3)67-53(65)59-52-57-41(33-70-52)44(60-68-55(38-25-13-6-14-26-38,39-27-15-7-16-28-39)40-29-17-8-18-30-40)48(62)58-45-49(63)61-46(42(34-69-50(45)61)71-35-72-43-31-19-20-32-56-43)51(64)66-47(36-21-9-4-10-22-36)37-23-11-5-12-24-37/h4-33,45,47,50H,34-35H2,1-3H3,(H,58,62)(H,57,59,65)/b60-44-/t45-,50-/m1/s1. The van der Waals surface area contributed by atoms with Gasteiger partial charge in [-0.1, -0.05) is 175 Å². The number of carbonyl (C=O) groups excluding carboxylic acids is 4. The lowest BCUT2D eigenvalue weighted by molar-refractivity contribution is -0.154. The number of anilines is 1. The Morgan fingerprint density at radius 1 is 0.764 bits per heavy atom. The van der Waals surface area contributed by atoms with Gasteiger partial charge < -0.3 is 19.6 Å². The number of hydrogen-bond donors (Lipinski definition) is 2. The van der Waals surface area contributed by atoms with Crippen molar-refractivity contribution >= 4 is 81.3 Å². The molecule has 13 nitrogen and oxygen atoms in total. The minimum Gasteiger partial charge on any atom is -0.448 e. The van der Waals surface area contributed by atoms with Crippen LogP contribution in [0.25, 0.3) is 0 Å². The van der Waals surface area contributed by atoms with Crippen molar-refractivity contribution in [3.8, 4) is 0 Å². The van der Waals surface area contributed by atoms with Crippen molar-refractivity contribution in [1.82, 2.24) is 20.2 Å². The molecule has 5 aromatic carbocycles. The van der Waals surface area contributed by atoms with Crippen LogP contribution in [0, 0.1) is 0 Å². The van der Waals surface area contributed by atoms with Gasteiger partial charge in [-0.05, 0) is 44.0 Å². The summed E-state index contributed by atoms with van der Waals surface area (Å²) in [6, 6.07) is 52.1. The van der Waals surface area contributed by atoms with Gasteiger partial charge in [-0.25, -0.2) is 19.6 Å². The third-order valence-electron chi connectivity index (χ3n) is 11.3. The normalized spacial score (nSPS) is 15.8. The topological polar surface area (TPSA) is 161 Å². The fourth-order valence-corrected chi connectivity index (χ4v) is 12.4. The first-order valence-corrected chi connectivity index (χ1v) is 26.7. The van der Waals surface area contributed by atoms with Gasteiger partial charge in [0, 0.05) is 44.0 Å². The smallest absolute Gasteiger partial charge is 0.413 e. The Bertz CT molecular complexity index is 2930. The minimum absolute atomic E-state index is 0.0627. The third-order valence-corrected chi connectivity index (χ3v) is 15.7. The van der Waals surface area contributed by atoms with E-state index in [1.54, 1.807) is 32.3 Å². The highest BCUT2D eigenvalue weighted by atomic mass is 32.2. The van der Waals surface area contributed by atoms with E-state index in [1.165, 1.54) is 40.2 Å². The first-order chi connectivity index (χ1) is 35.0. The Kier molecular flexibility index (Phi) is 15.6. The molecule has 0 bridgehead atoms. The van der Waals surface area contributed by atoms with Crippen molar-refractivity contribution in [2.45, 2.75) is 54.5 Å². The van der Waals surface area contributed by atoms with E-state index in [4.69, 9.17) is 14.3 Å². The molecule has 1 saturated heterocycles. The molecule has 0 saturated carbocycles. The molecule has 0 radical (unpaired) electrons. The van der Waals surface area contributed by atoms with Crippen LogP contribution in [0.1, 0.15) is 60.4 Å². The molecule has 2 atom stereocenters. The second-order valence-corrected chi connectivity index (χ2v) is 21.7. The summed E-state index contributed by atoms with van der Waals surface area (Å²) >= 11 is 5.42. The zero-order valence-electron chi connectivity index (χ0n) is 39.2. The number of pyridine rings is 1. The van der Waals surface area contributed by atoms with E-state index in [9.17, 15) is 19.2 Å². The zero-order chi connectivity index (χ0) is 50.1. The Hall–Kier alpha value is -7.18. The largest absolute Gasteiger partial charge is 0.448 e. The van der Waals surface area contributed by atoms with Gasteiger partial charge in [0.25, 0.3) is 11.8 Å². The van der Waals surface area contributed by atoms with Crippen molar-refractivity contribution in [1.29, 1.82) is 0 Å². The molecule has 2 aliphatic heterocycles. The zero-order valence-corrected chi connectivity index (χ0v) is 42.5. The van der Waals surface area contributed by atoms with Gasteiger partial charge in [0.1, 0.15) is 28.4 Å². The quantitative estimate of drug-likeness (QED) is 0.0169. The highest BCUT2D eigenvalue weighted by molar-refractivity contribution is 8.18. The predicted molar refractivity (Wildman–Crippen MR) is 284 cm³/mol. The van der Waals surface area contributed by atoms with Crippen molar-refractivity contribution in [3.63, 3.8) is 0 Å². The molecule has 1 fully saturated rings. The van der Waals surface area contributed by atoms with Crippen LogP contribution in [0.3, 0.4) is 0 Å². The number of benzene rings is 5. The van der Waals surface area contributed by atoms with Gasteiger partial charge >= 0.3 is 12.1 Å². The lowest BCUT2D eigenvalue weighted by Gasteiger charge is -2.49. The Morgan fingerprint density at radius 3 is 1.86 bits per heavy atom. The maximum atomic E-state index is 15.0. The number of aromatic nitrogens is 2. The number of thioether (sulfide) groups is 3. The highest BCUT2D eigenvalue weighted by Gasteiger charge is 2.55. The number of carbonyl (C=O) groups is 4. The summed E-state index contributed by atoms with van der Waals surface area (Å²) in [6.07, 6.45) is 0.213. The number of amides is 3. The number of hydrogen-bond acceptors (Lipinski definition) is 14. The van der Waals surface area contributed by atoms with E-state index in [1.807, 2.05) is 170 Å². The summed E-state index contributed by atoms with van der Waals surface area (Å²) in [4.78, 5) is 75.2. The molecule has 0 spiro atoms. The van der Waals surface area contributed by atoms with Gasteiger partial charge in [-0.3, -0.25) is 19.8 Å². The van der Waals surface area contributed by atoms with Crippen LogP contribution in [0.2, 0.25) is 0 Å².